The molecular formula is C18H27NO2. The summed E-state index contributed by atoms with van der Waals surface area (Å²) in [7, 11) is 0. The number of benzene rings is 1. The molecule has 0 spiro atoms. The molecule has 0 heterocycles. The minimum absolute atomic E-state index is 0.00347. The van der Waals surface area contributed by atoms with Gasteiger partial charge in [-0.2, -0.15) is 0 Å². The van der Waals surface area contributed by atoms with Crippen LogP contribution in [0.4, 0.5) is 0 Å². The quantitative estimate of drug-likeness (QED) is 0.891. The third-order valence-corrected chi connectivity index (χ3v) is 4.25. The van der Waals surface area contributed by atoms with E-state index in [0.717, 1.165) is 24.2 Å². The van der Waals surface area contributed by atoms with E-state index in [1.807, 2.05) is 13.8 Å². The predicted molar refractivity (Wildman–Crippen MR) is 85.8 cm³/mol. The summed E-state index contributed by atoms with van der Waals surface area (Å²) in [5, 5.41) is 3.09. The fourth-order valence-electron chi connectivity index (χ4n) is 2.74. The number of hydrogen-bond donors (Lipinski definition) is 1. The number of rotatable bonds is 5. The SMILES string of the molecule is Cc1ccc(C(C)C)cc1OC(C)C(=O)NC1CCCC1. The second-order valence-corrected chi connectivity index (χ2v) is 6.43. The molecule has 0 aromatic heterocycles. The zero-order valence-corrected chi connectivity index (χ0v) is 13.6. The lowest BCUT2D eigenvalue weighted by atomic mass is 10.0. The minimum atomic E-state index is -0.452. The van der Waals surface area contributed by atoms with E-state index < -0.39 is 6.10 Å². The van der Waals surface area contributed by atoms with Crippen LogP contribution in [-0.2, 0) is 4.79 Å². The molecule has 3 nitrogen and oxygen atoms in total. The highest BCUT2D eigenvalue weighted by Crippen LogP contribution is 2.25. The van der Waals surface area contributed by atoms with E-state index in [9.17, 15) is 4.79 Å². The molecule has 1 unspecified atom stereocenters. The van der Waals surface area contributed by atoms with Crippen LogP contribution in [0.2, 0.25) is 0 Å². The second-order valence-electron chi connectivity index (χ2n) is 6.43. The molecule has 1 atom stereocenters. The van der Waals surface area contributed by atoms with Crippen LogP contribution in [0.15, 0.2) is 18.2 Å². The van der Waals surface area contributed by atoms with E-state index in [1.165, 1.54) is 18.4 Å². The van der Waals surface area contributed by atoms with Crippen LogP contribution in [0.5, 0.6) is 5.75 Å². The molecule has 0 radical (unpaired) electrons. The molecular weight excluding hydrogens is 262 g/mol. The number of nitrogens with one attached hydrogen (secondary N) is 1. The normalized spacial score (nSPS) is 17.0. The average Bonchev–Trinajstić information content (AvgIpc) is 2.93. The first-order valence-corrected chi connectivity index (χ1v) is 8.05. The minimum Gasteiger partial charge on any atom is -0.481 e. The molecule has 2 rings (SSSR count). The van der Waals surface area contributed by atoms with Gasteiger partial charge in [-0.25, -0.2) is 0 Å². The molecule has 1 saturated carbocycles. The molecule has 21 heavy (non-hydrogen) atoms. The highest BCUT2D eigenvalue weighted by atomic mass is 16.5. The number of carbonyl (C=O) groups excluding carboxylic acids is 1. The standard InChI is InChI=1S/C18H27NO2/c1-12(2)15-10-9-13(3)17(11-15)21-14(4)18(20)19-16-7-5-6-8-16/h9-12,14,16H,5-8H2,1-4H3,(H,19,20). The Morgan fingerprint density at radius 3 is 2.52 bits per heavy atom. The molecule has 1 aliphatic rings. The van der Waals surface area contributed by atoms with Crippen molar-refractivity contribution >= 4 is 5.91 Å². The molecule has 0 aliphatic heterocycles. The molecule has 1 aromatic rings. The Morgan fingerprint density at radius 1 is 1.24 bits per heavy atom. The van der Waals surface area contributed by atoms with Crippen LogP contribution < -0.4 is 10.1 Å². The van der Waals surface area contributed by atoms with Crippen molar-refractivity contribution in [2.24, 2.45) is 0 Å². The van der Waals surface area contributed by atoms with Gasteiger partial charge in [0.1, 0.15) is 5.75 Å². The fourth-order valence-corrected chi connectivity index (χ4v) is 2.74. The van der Waals surface area contributed by atoms with Crippen molar-refractivity contribution in [3.05, 3.63) is 29.3 Å². The lowest BCUT2D eigenvalue weighted by Crippen LogP contribution is -2.41. The van der Waals surface area contributed by atoms with Gasteiger partial charge < -0.3 is 10.1 Å². The zero-order valence-electron chi connectivity index (χ0n) is 13.6. The number of hydrogen-bond acceptors (Lipinski definition) is 2. The van der Waals surface area contributed by atoms with Crippen molar-refractivity contribution in [2.45, 2.75) is 71.4 Å². The number of ether oxygens (including phenoxy) is 1. The highest BCUT2D eigenvalue weighted by molar-refractivity contribution is 5.81. The third kappa shape index (κ3) is 4.23. The van der Waals surface area contributed by atoms with Gasteiger partial charge >= 0.3 is 0 Å². The molecule has 1 amide bonds. The molecule has 1 N–H and O–H groups in total. The fraction of sp³-hybridized carbons (Fsp3) is 0.611. The molecule has 3 heteroatoms. The zero-order chi connectivity index (χ0) is 15.4. The Morgan fingerprint density at radius 2 is 1.90 bits per heavy atom. The first-order chi connectivity index (χ1) is 9.97. The van der Waals surface area contributed by atoms with Gasteiger partial charge in [0.25, 0.3) is 5.91 Å². The Kier molecular flexibility index (Phi) is 5.27. The summed E-state index contributed by atoms with van der Waals surface area (Å²) in [5.74, 6) is 1.27. The van der Waals surface area contributed by atoms with E-state index in [4.69, 9.17) is 4.74 Å². The van der Waals surface area contributed by atoms with E-state index in [-0.39, 0.29) is 5.91 Å². The van der Waals surface area contributed by atoms with Gasteiger partial charge in [-0.1, -0.05) is 38.8 Å². The van der Waals surface area contributed by atoms with Gasteiger partial charge in [0.05, 0.1) is 0 Å². The summed E-state index contributed by atoms with van der Waals surface area (Å²) in [6.45, 7) is 8.15. The van der Waals surface area contributed by atoms with Gasteiger partial charge in [-0.3, -0.25) is 4.79 Å². The average molecular weight is 289 g/mol. The first-order valence-electron chi connectivity index (χ1n) is 8.05. The Bertz CT molecular complexity index is 490. The topological polar surface area (TPSA) is 38.3 Å². The maximum Gasteiger partial charge on any atom is 0.260 e. The van der Waals surface area contributed by atoms with Gasteiger partial charge in [-0.15, -0.1) is 0 Å². The summed E-state index contributed by atoms with van der Waals surface area (Å²) in [6.07, 6.45) is 4.18. The van der Waals surface area contributed by atoms with Gasteiger partial charge in [0, 0.05) is 6.04 Å². The van der Waals surface area contributed by atoms with E-state index in [1.54, 1.807) is 0 Å². The van der Waals surface area contributed by atoms with Crippen LogP contribution in [-0.4, -0.2) is 18.1 Å². The summed E-state index contributed by atoms with van der Waals surface area (Å²) in [4.78, 5) is 12.2. The third-order valence-electron chi connectivity index (χ3n) is 4.25. The maximum absolute atomic E-state index is 12.2. The van der Waals surface area contributed by atoms with Gasteiger partial charge in [0.2, 0.25) is 0 Å². The molecule has 1 aliphatic carbocycles. The van der Waals surface area contributed by atoms with Crippen LogP contribution >= 0.6 is 0 Å². The largest absolute Gasteiger partial charge is 0.481 e. The summed E-state index contributed by atoms with van der Waals surface area (Å²) >= 11 is 0. The lowest BCUT2D eigenvalue weighted by Gasteiger charge is -2.20. The van der Waals surface area contributed by atoms with Gasteiger partial charge in [0.15, 0.2) is 6.10 Å². The van der Waals surface area contributed by atoms with Crippen molar-refractivity contribution in [3.63, 3.8) is 0 Å². The smallest absolute Gasteiger partial charge is 0.260 e. The number of amides is 1. The molecule has 0 saturated heterocycles. The molecule has 1 aromatic carbocycles. The van der Waals surface area contributed by atoms with Crippen molar-refractivity contribution in [1.29, 1.82) is 0 Å². The van der Waals surface area contributed by atoms with E-state index in [2.05, 4.69) is 37.4 Å². The number of carbonyl (C=O) groups is 1. The van der Waals surface area contributed by atoms with E-state index >= 15 is 0 Å². The highest BCUT2D eigenvalue weighted by Gasteiger charge is 2.22. The molecule has 0 bridgehead atoms. The predicted octanol–water partition coefficient (Wildman–Crippen LogP) is 3.94. The number of aryl methyl sites for hydroxylation is 1. The lowest BCUT2D eigenvalue weighted by molar-refractivity contribution is -0.127. The van der Waals surface area contributed by atoms with Gasteiger partial charge in [-0.05, 0) is 49.8 Å². The first kappa shape index (κ1) is 15.9. The molecule has 116 valence electrons. The van der Waals surface area contributed by atoms with Crippen LogP contribution in [0.3, 0.4) is 0 Å². The van der Waals surface area contributed by atoms with Crippen molar-refractivity contribution in [3.8, 4) is 5.75 Å². The Hall–Kier alpha value is -1.51. The van der Waals surface area contributed by atoms with Crippen molar-refractivity contribution in [1.82, 2.24) is 5.32 Å². The molecule has 1 fully saturated rings. The van der Waals surface area contributed by atoms with Crippen LogP contribution in [0, 0.1) is 6.92 Å². The van der Waals surface area contributed by atoms with Crippen LogP contribution in [0.1, 0.15) is 63.5 Å². The van der Waals surface area contributed by atoms with Crippen molar-refractivity contribution in [2.75, 3.05) is 0 Å². The summed E-state index contributed by atoms with van der Waals surface area (Å²) < 4.78 is 5.90. The monoisotopic (exact) mass is 289 g/mol. The van der Waals surface area contributed by atoms with Crippen LogP contribution in [0.25, 0.3) is 0 Å². The summed E-state index contributed by atoms with van der Waals surface area (Å²) in [5.41, 5.74) is 2.30. The second kappa shape index (κ2) is 6.97. The Labute approximate surface area is 128 Å². The van der Waals surface area contributed by atoms with Crippen molar-refractivity contribution < 1.29 is 9.53 Å². The Balaban J connectivity index is 1.99. The summed E-state index contributed by atoms with van der Waals surface area (Å²) in [6, 6.07) is 6.58. The van der Waals surface area contributed by atoms with E-state index in [0.29, 0.717) is 12.0 Å². The maximum atomic E-state index is 12.2.